The van der Waals surface area contributed by atoms with Gasteiger partial charge in [0.2, 0.25) is 11.0 Å². The summed E-state index contributed by atoms with van der Waals surface area (Å²) in [5, 5.41) is 20.7. The van der Waals surface area contributed by atoms with Crippen LogP contribution in [-0.2, 0) is 4.79 Å². The number of aromatic nitrogens is 2. The molecule has 3 aromatic carbocycles. The number of carbonyl (C=O) groups excluding carboxylic acids is 1. The first-order valence-electron chi connectivity index (χ1n) is 9.97. The topological polar surface area (TPSA) is 75.1 Å². The molecule has 4 aromatic rings. The summed E-state index contributed by atoms with van der Waals surface area (Å²) in [4.78, 5) is 13.2. The quantitative estimate of drug-likeness (QED) is 0.412. The normalized spacial score (nSPS) is 12.3. The van der Waals surface area contributed by atoms with Crippen LogP contribution < -0.4 is 5.32 Å². The lowest BCUT2D eigenvalue weighted by molar-refractivity contribution is -0.124. The molecule has 1 unspecified atom stereocenters. The van der Waals surface area contributed by atoms with Crippen molar-refractivity contribution in [3.63, 3.8) is 0 Å². The van der Waals surface area contributed by atoms with E-state index < -0.39 is 5.41 Å². The summed E-state index contributed by atoms with van der Waals surface area (Å²) in [6, 6.07) is 25.4. The Bertz CT molecular complexity index is 1140. The van der Waals surface area contributed by atoms with Gasteiger partial charge in [0.25, 0.3) is 0 Å². The molecule has 6 heteroatoms. The van der Waals surface area contributed by atoms with Crippen LogP contribution in [0.25, 0.3) is 11.1 Å². The zero-order chi connectivity index (χ0) is 21.8. The molecule has 156 valence electrons. The van der Waals surface area contributed by atoms with E-state index in [1.807, 2.05) is 44.2 Å². The zero-order valence-corrected chi connectivity index (χ0v) is 18.1. The van der Waals surface area contributed by atoms with Gasteiger partial charge in [-0.05, 0) is 34.4 Å². The van der Waals surface area contributed by atoms with E-state index in [0.29, 0.717) is 5.13 Å². The summed E-state index contributed by atoms with van der Waals surface area (Å²) in [6.07, 6.45) is 0. The van der Waals surface area contributed by atoms with Crippen molar-refractivity contribution in [3.05, 3.63) is 95.5 Å². The first-order chi connectivity index (χ1) is 14.9. The van der Waals surface area contributed by atoms with Crippen LogP contribution in [0.3, 0.4) is 0 Å². The van der Waals surface area contributed by atoms with E-state index >= 15 is 0 Å². The first-order valence-corrected chi connectivity index (χ1v) is 10.8. The van der Waals surface area contributed by atoms with Crippen LogP contribution in [0, 0.1) is 5.41 Å². The minimum Gasteiger partial charge on any atom is -0.508 e. The fraction of sp³-hybridized carbons (Fsp3) is 0.160. The number of nitrogens with one attached hydrogen (secondary N) is 1. The van der Waals surface area contributed by atoms with Gasteiger partial charge in [0.05, 0.1) is 5.41 Å². The van der Waals surface area contributed by atoms with E-state index in [4.69, 9.17) is 0 Å². The highest BCUT2D eigenvalue weighted by Crippen LogP contribution is 2.42. The van der Waals surface area contributed by atoms with E-state index in [1.54, 1.807) is 17.6 Å². The number of hydrogen-bond acceptors (Lipinski definition) is 5. The fourth-order valence-corrected chi connectivity index (χ4v) is 4.25. The Labute approximate surface area is 185 Å². The third-order valence-electron chi connectivity index (χ3n) is 5.46. The zero-order valence-electron chi connectivity index (χ0n) is 17.3. The number of anilines is 1. The molecule has 0 spiro atoms. The van der Waals surface area contributed by atoms with Gasteiger partial charge in [0, 0.05) is 5.92 Å². The van der Waals surface area contributed by atoms with E-state index in [-0.39, 0.29) is 17.6 Å². The predicted molar refractivity (Wildman–Crippen MR) is 124 cm³/mol. The van der Waals surface area contributed by atoms with Gasteiger partial charge in [-0.2, -0.15) is 0 Å². The van der Waals surface area contributed by atoms with Gasteiger partial charge in [0.15, 0.2) is 0 Å². The molecule has 0 aliphatic carbocycles. The van der Waals surface area contributed by atoms with E-state index in [0.717, 1.165) is 22.3 Å². The van der Waals surface area contributed by atoms with Crippen LogP contribution in [0.15, 0.2) is 84.4 Å². The number of aromatic hydroxyl groups is 1. The molecule has 1 atom stereocenters. The average Bonchev–Trinajstić information content (AvgIpc) is 3.29. The summed E-state index contributed by atoms with van der Waals surface area (Å²) in [5.41, 5.74) is 5.04. The van der Waals surface area contributed by atoms with Crippen molar-refractivity contribution >= 4 is 22.4 Å². The second kappa shape index (κ2) is 8.70. The van der Waals surface area contributed by atoms with Crippen LogP contribution >= 0.6 is 11.3 Å². The van der Waals surface area contributed by atoms with Gasteiger partial charge in [-0.25, -0.2) is 0 Å². The predicted octanol–water partition coefficient (Wildman–Crippen LogP) is 5.71. The van der Waals surface area contributed by atoms with Crippen LogP contribution in [-0.4, -0.2) is 21.2 Å². The van der Waals surface area contributed by atoms with E-state index in [1.165, 1.54) is 11.3 Å². The summed E-state index contributed by atoms with van der Waals surface area (Å²) < 4.78 is 0. The Morgan fingerprint density at radius 3 is 2.06 bits per heavy atom. The highest BCUT2D eigenvalue weighted by atomic mass is 32.1. The van der Waals surface area contributed by atoms with Crippen molar-refractivity contribution in [3.8, 4) is 16.9 Å². The third-order valence-corrected chi connectivity index (χ3v) is 6.07. The number of amides is 1. The van der Waals surface area contributed by atoms with Crippen molar-refractivity contribution < 1.29 is 9.90 Å². The monoisotopic (exact) mass is 429 g/mol. The Morgan fingerprint density at radius 1 is 0.903 bits per heavy atom. The van der Waals surface area contributed by atoms with E-state index in [9.17, 15) is 9.90 Å². The Balaban J connectivity index is 1.70. The highest BCUT2D eigenvalue weighted by molar-refractivity contribution is 7.13. The molecule has 5 nitrogen and oxygen atoms in total. The third kappa shape index (κ3) is 4.49. The smallest absolute Gasteiger partial charge is 0.232 e. The van der Waals surface area contributed by atoms with Crippen molar-refractivity contribution in [1.29, 1.82) is 0 Å². The minimum atomic E-state index is -0.743. The maximum absolute atomic E-state index is 13.2. The lowest BCUT2D eigenvalue weighted by Crippen LogP contribution is -2.37. The van der Waals surface area contributed by atoms with Crippen LogP contribution in [0.2, 0.25) is 0 Å². The summed E-state index contributed by atoms with van der Waals surface area (Å²) in [5.74, 6) is -0.0242. The number of phenolic OH excluding ortho intramolecular Hbond substituents is 1. The van der Waals surface area contributed by atoms with Crippen molar-refractivity contribution in [1.82, 2.24) is 10.2 Å². The Morgan fingerprint density at radius 2 is 1.48 bits per heavy atom. The molecule has 31 heavy (non-hydrogen) atoms. The standard InChI is InChI=1S/C25H23N3O2S/c1-25(2,23(30)27-24-28-26-16-31-24)22(19-6-4-3-5-7-19)20-10-8-17(9-11-20)18-12-14-21(29)15-13-18/h3-16,22,29H,1-2H3,(H,27,28,30). The number of hydrogen-bond donors (Lipinski definition) is 2. The van der Waals surface area contributed by atoms with Crippen molar-refractivity contribution in [2.45, 2.75) is 19.8 Å². The second-order valence-corrected chi connectivity index (χ2v) is 8.77. The molecule has 0 saturated heterocycles. The number of rotatable bonds is 6. The fourth-order valence-electron chi connectivity index (χ4n) is 3.81. The van der Waals surface area contributed by atoms with Crippen LogP contribution in [0.5, 0.6) is 5.75 Å². The van der Waals surface area contributed by atoms with Crippen molar-refractivity contribution in [2.24, 2.45) is 5.41 Å². The molecule has 1 amide bonds. The largest absolute Gasteiger partial charge is 0.508 e. The molecular formula is C25H23N3O2S. The SMILES string of the molecule is CC(C)(C(=O)Nc1nncs1)C(c1ccccc1)c1ccc(-c2ccc(O)cc2)cc1. The molecular weight excluding hydrogens is 406 g/mol. The molecule has 0 fully saturated rings. The Hall–Kier alpha value is -3.51. The molecule has 4 rings (SSSR count). The molecule has 0 aliphatic heterocycles. The van der Waals surface area contributed by atoms with Gasteiger partial charge in [0.1, 0.15) is 11.3 Å². The summed E-state index contributed by atoms with van der Waals surface area (Å²) in [6.45, 7) is 3.91. The maximum Gasteiger partial charge on any atom is 0.232 e. The molecule has 0 bridgehead atoms. The van der Waals surface area contributed by atoms with Crippen LogP contribution in [0.1, 0.15) is 30.9 Å². The first kappa shape index (κ1) is 20.8. The van der Waals surface area contributed by atoms with Gasteiger partial charge >= 0.3 is 0 Å². The molecule has 0 saturated carbocycles. The molecule has 2 N–H and O–H groups in total. The lowest BCUT2D eigenvalue weighted by atomic mass is 9.70. The van der Waals surface area contributed by atoms with Crippen LogP contribution in [0.4, 0.5) is 5.13 Å². The average molecular weight is 430 g/mol. The minimum absolute atomic E-state index is 0.110. The highest BCUT2D eigenvalue weighted by Gasteiger charge is 2.39. The lowest BCUT2D eigenvalue weighted by Gasteiger charge is -2.33. The van der Waals surface area contributed by atoms with Gasteiger partial charge in [-0.3, -0.25) is 4.79 Å². The van der Waals surface area contributed by atoms with Gasteiger partial charge in [-0.1, -0.05) is 91.9 Å². The number of phenols is 1. The molecule has 1 heterocycles. The summed E-state index contributed by atoms with van der Waals surface area (Å²) >= 11 is 1.30. The second-order valence-electron chi connectivity index (χ2n) is 7.93. The number of carbonyl (C=O) groups is 1. The molecule has 1 aromatic heterocycles. The molecule has 0 aliphatic rings. The number of benzene rings is 3. The van der Waals surface area contributed by atoms with Gasteiger partial charge < -0.3 is 10.4 Å². The number of nitrogens with zero attached hydrogens (tertiary/aromatic N) is 2. The Kier molecular flexibility index (Phi) is 5.82. The maximum atomic E-state index is 13.2. The van der Waals surface area contributed by atoms with Crippen molar-refractivity contribution in [2.75, 3.05) is 5.32 Å². The van der Waals surface area contributed by atoms with Gasteiger partial charge in [-0.15, -0.1) is 10.2 Å². The summed E-state index contributed by atoms with van der Waals surface area (Å²) in [7, 11) is 0. The van der Waals surface area contributed by atoms with E-state index in [2.05, 4.69) is 51.9 Å². The molecule has 0 radical (unpaired) electrons.